The van der Waals surface area contributed by atoms with E-state index < -0.39 is 23.7 Å². The molecule has 0 saturated carbocycles. The summed E-state index contributed by atoms with van der Waals surface area (Å²) in [6.45, 7) is 14.8. The fourth-order valence-corrected chi connectivity index (χ4v) is 5.07. The number of aryl methyl sites for hydroxylation is 1. The Morgan fingerprint density at radius 3 is 2.30 bits per heavy atom. The van der Waals surface area contributed by atoms with Crippen molar-refractivity contribution < 1.29 is 24.2 Å². The van der Waals surface area contributed by atoms with Crippen LogP contribution in [0.25, 0.3) is 5.76 Å². The Hall–Kier alpha value is -3.39. The number of carbonyl (C=O) groups is 3. The van der Waals surface area contributed by atoms with Crippen molar-refractivity contribution in [3.63, 3.8) is 0 Å². The predicted molar refractivity (Wildman–Crippen MR) is 144 cm³/mol. The second-order valence-corrected chi connectivity index (χ2v) is 9.81. The third-order valence-corrected chi connectivity index (χ3v) is 7.29. The highest BCUT2D eigenvalue weighted by Crippen LogP contribution is 2.41. The van der Waals surface area contributed by atoms with E-state index in [-0.39, 0.29) is 17.0 Å². The molecule has 8 nitrogen and oxygen atoms in total. The van der Waals surface area contributed by atoms with Crippen molar-refractivity contribution >= 4 is 23.4 Å². The Morgan fingerprint density at radius 2 is 1.76 bits per heavy atom. The van der Waals surface area contributed by atoms with E-state index in [1.807, 2.05) is 24.3 Å². The molecule has 1 aromatic heterocycles. The lowest BCUT2D eigenvalue weighted by atomic mass is 9.92. The molecule has 2 N–H and O–H groups in total. The van der Waals surface area contributed by atoms with Crippen molar-refractivity contribution in [2.75, 3.05) is 33.3 Å². The maximum atomic E-state index is 13.4. The number of ketones is 1. The summed E-state index contributed by atoms with van der Waals surface area (Å²) in [5.41, 5.74) is 3.44. The summed E-state index contributed by atoms with van der Waals surface area (Å²) >= 11 is 0. The molecule has 200 valence electrons. The van der Waals surface area contributed by atoms with Crippen LogP contribution >= 0.6 is 0 Å². The minimum atomic E-state index is -0.729. The molecule has 1 atom stereocenters. The van der Waals surface area contributed by atoms with Crippen LogP contribution in [0.15, 0.2) is 29.8 Å². The number of aliphatic hydroxyl groups is 1. The first kappa shape index (κ1) is 28.2. The lowest BCUT2D eigenvalue weighted by Crippen LogP contribution is -2.33. The molecule has 1 amide bonds. The van der Waals surface area contributed by atoms with Crippen LogP contribution in [0, 0.1) is 13.8 Å². The monoisotopic (exact) mass is 509 g/mol. The van der Waals surface area contributed by atoms with Gasteiger partial charge in [0.1, 0.15) is 11.5 Å². The Kier molecular flexibility index (Phi) is 8.97. The van der Waals surface area contributed by atoms with E-state index in [2.05, 4.69) is 37.6 Å². The summed E-state index contributed by atoms with van der Waals surface area (Å²) in [6.07, 6.45) is 0.698. The zero-order chi connectivity index (χ0) is 27.4. The van der Waals surface area contributed by atoms with Crippen molar-refractivity contribution in [1.82, 2.24) is 14.8 Å². The molecule has 1 aliphatic rings. The number of methoxy groups -OCH3 is 1. The molecular formula is C29H39N3O5. The number of nitrogens with zero attached hydrogens (tertiary/aromatic N) is 2. The SMILES string of the molecule is CCN(CC)CCCN1C(=O)C(=O)/C(=C(/O)c2c(C)[nH]c(C(=O)OC)c2C)[C@H]1c1ccc(C(C)C)cc1. The summed E-state index contributed by atoms with van der Waals surface area (Å²) < 4.78 is 4.85. The molecule has 1 saturated heterocycles. The minimum absolute atomic E-state index is 0.0340. The van der Waals surface area contributed by atoms with Crippen LogP contribution in [0.4, 0.5) is 0 Å². The van der Waals surface area contributed by atoms with Crippen LogP contribution in [0.5, 0.6) is 0 Å². The van der Waals surface area contributed by atoms with Gasteiger partial charge in [0.25, 0.3) is 11.7 Å². The van der Waals surface area contributed by atoms with Crippen LogP contribution < -0.4 is 0 Å². The van der Waals surface area contributed by atoms with Gasteiger partial charge >= 0.3 is 5.97 Å². The van der Waals surface area contributed by atoms with Gasteiger partial charge in [0.2, 0.25) is 0 Å². The maximum absolute atomic E-state index is 13.4. The number of benzene rings is 1. The van der Waals surface area contributed by atoms with Gasteiger partial charge in [-0.1, -0.05) is 52.0 Å². The van der Waals surface area contributed by atoms with Gasteiger partial charge in [-0.15, -0.1) is 0 Å². The van der Waals surface area contributed by atoms with E-state index in [1.54, 1.807) is 18.7 Å². The maximum Gasteiger partial charge on any atom is 0.354 e. The molecule has 1 aromatic carbocycles. The molecule has 0 bridgehead atoms. The summed E-state index contributed by atoms with van der Waals surface area (Å²) in [6, 6.07) is 7.12. The second kappa shape index (κ2) is 11.8. The molecule has 3 rings (SSSR count). The molecule has 1 aliphatic heterocycles. The Balaban J connectivity index is 2.13. The third kappa shape index (κ3) is 5.49. The van der Waals surface area contributed by atoms with Gasteiger partial charge < -0.3 is 24.6 Å². The normalized spacial score (nSPS) is 17.3. The number of ether oxygens (including phenoxy) is 1. The summed E-state index contributed by atoms with van der Waals surface area (Å²) in [5.74, 6) is -1.88. The zero-order valence-corrected chi connectivity index (χ0v) is 23.0. The number of likely N-dealkylation sites (tertiary alicyclic amines) is 1. The van der Waals surface area contributed by atoms with Crippen molar-refractivity contribution in [3.05, 3.63) is 63.5 Å². The topological polar surface area (TPSA) is 103 Å². The van der Waals surface area contributed by atoms with Crippen LogP contribution in [0.3, 0.4) is 0 Å². The first-order valence-corrected chi connectivity index (χ1v) is 13.0. The molecule has 0 radical (unpaired) electrons. The number of hydrogen-bond donors (Lipinski definition) is 2. The first-order chi connectivity index (χ1) is 17.6. The van der Waals surface area contributed by atoms with Crippen molar-refractivity contribution in [2.45, 2.75) is 59.9 Å². The zero-order valence-electron chi connectivity index (χ0n) is 23.0. The first-order valence-electron chi connectivity index (χ1n) is 13.0. The molecule has 0 unspecified atom stereocenters. The quantitative estimate of drug-likeness (QED) is 0.208. The average molecular weight is 510 g/mol. The van der Waals surface area contributed by atoms with Gasteiger partial charge in [-0.05, 0) is 62.5 Å². The standard InChI is InChI=1S/C29H39N3O5/c1-8-31(9-2)15-10-16-32-25(21-13-11-20(12-14-21)17(3)4)23(27(34)28(32)35)26(33)22-18(5)24(29(36)37-7)30-19(22)6/h11-14,17,25,30,33H,8-10,15-16H2,1-7H3/b26-23+/t25-/m1/s1. The van der Waals surface area contributed by atoms with Gasteiger partial charge in [-0.25, -0.2) is 4.79 Å². The van der Waals surface area contributed by atoms with Crippen molar-refractivity contribution in [3.8, 4) is 0 Å². The average Bonchev–Trinajstić information content (AvgIpc) is 3.32. The number of rotatable bonds is 10. The van der Waals surface area contributed by atoms with E-state index in [0.29, 0.717) is 35.7 Å². The number of amides is 1. The molecule has 1 fully saturated rings. The number of nitrogens with one attached hydrogen (secondary N) is 1. The van der Waals surface area contributed by atoms with E-state index in [4.69, 9.17) is 4.74 Å². The van der Waals surface area contributed by atoms with Gasteiger partial charge in [0.15, 0.2) is 0 Å². The fraction of sp³-hybridized carbons (Fsp3) is 0.483. The number of aromatic amines is 1. The Morgan fingerprint density at radius 1 is 1.14 bits per heavy atom. The predicted octanol–water partition coefficient (Wildman–Crippen LogP) is 4.70. The lowest BCUT2D eigenvalue weighted by molar-refractivity contribution is -0.140. The van der Waals surface area contributed by atoms with Crippen LogP contribution in [0.1, 0.15) is 84.5 Å². The number of carbonyl (C=O) groups excluding carboxylic acids is 3. The largest absolute Gasteiger partial charge is 0.507 e. The third-order valence-electron chi connectivity index (χ3n) is 7.29. The highest BCUT2D eigenvalue weighted by Gasteiger charge is 2.46. The highest BCUT2D eigenvalue weighted by atomic mass is 16.5. The van der Waals surface area contributed by atoms with Crippen LogP contribution in [0.2, 0.25) is 0 Å². The molecular weight excluding hydrogens is 470 g/mol. The van der Waals surface area contributed by atoms with Gasteiger partial charge in [0, 0.05) is 17.8 Å². The van der Waals surface area contributed by atoms with Crippen molar-refractivity contribution in [1.29, 1.82) is 0 Å². The number of H-pyrrole nitrogens is 1. The number of aromatic nitrogens is 1. The number of hydrogen-bond acceptors (Lipinski definition) is 6. The molecule has 0 spiro atoms. The van der Waals surface area contributed by atoms with Gasteiger partial charge in [0.05, 0.1) is 18.7 Å². The Labute approximate surface area is 219 Å². The number of Topliss-reactive ketones (excluding diaryl/α,β-unsaturated/α-hetero) is 1. The molecule has 2 aromatic rings. The highest BCUT2D eigenvalue weighted by molar-refractivity contribution is 6.46. The molecule has 8 heteroatoms. The molecule has 2 heterocycles. The van der Waals surface area contributed by atoms with Crippen molar-refractivity contribution in [2.24, 2.45) is 0 Å². The number of aliphatic hydroxyl groups excluding tert-OH is 1. The number of esters is 1. The smallest absolute Gasteiger partial charge is 0.354 e. The minimum Gasteiger partial charge on any atom is -0.507 e. The summed E-state index contributed by atoms with van der Waals surface area (Å²) in [4.78, 5) is 45.7. The second-order valence-electron chi connectivity index (χ2n) is 9.81. The summed E-state index contributed by atoms with van der Waals surface area (Å²) in [5, 5.41) is 11.5. The van der Waals surface area contributed by atoms with Crippen LogP contribution in [-0.2, 0) is 14.3 Å². The fourth-order valence-electron chi connectivity index (χ4n) is 5.07. The van der Waals surface area contributed by atoms with E-state index in [0.717, 1.165) is 30.8 Å². The van der Waals surface area contributed by atoms with Gasteiger partial charge in [-0.3, -0.25) is 9.59 Å². The molecule has 37 heavy (non-hydrogen) atoms. The Bertz CT molecular complexity index is 1190. The van der Waals surface area contributed by atoms with Crippen LogP contribution in [-0.4, -0.2) is 70.8 Å². The van der Waals surface area contributed by atoms with E-state index in [9.17, 15) is 19.5 Å². The molecule has 0 aliphatic carbocycles. The lowest BCUT2D eigenvalue weighted by Gasteiger charge is -2.27. The van der Waals surface area contributed by atoms with Gasteiger partial charge in [-0.2, -0.15) is 0 Å². The van der Waals surface area contributed by atoms with E-state index in [1.165, 1.54) is 7.11 Å². The van der Waals surface area contributed by atoms with E-state index >= 15 is 0 Å². The summed E-state index contributed by atoms with van der Waals surface area (Å²) in [7, 11) is 1.28.